The quantitative estimate of drug-likeness (QED) is 0.712. The van der Waals surface area contributed by atoms with Crippen molar-refractivity contribution in [3.05, 3.63) is 29.8 Å². The first-order chi connectivity index (χ1) is 14.0. The van der Waals surface area contributed by atoms with Crippen LogP contribution in [0.4, 0.5) is 5.69 Å². The van der Waals surface area contributed by atoms with Crippen molar-refractivity contribution in [3.63, 3.8) is 0 Å². The summed E-state index contributed by atoms with van der Waals surface area (Å²) in [7, 11) is 0. The van der Waals surface area contributed by atoms with Gasteiger partial charge in [0, 0.05) is 70.5 Å². The van der Waals surface area contributed by atoms with Gasteiger partial charge in [0.15, 0.2) is 0 Å². The Morgan fingerprint density at radius 1 is 1.28 bits per heavy atom. The third-order valence-electron chi connectivity index (χ3n) is 5.23. The van der Waals surface area contributed by atoms with Gasteiger partial charge in [-0.05, 0) is 31.0 Å². The number of carbonyl (C=O) groups excluding carboxylic acids is 3. The molecule has 2 fully saturated rings. The molecule has 2 N–H and O–H groups in total. The van der Waals surface area contributed by atoms with Crippen LogP contribution in [-0.4, -0.2) is 79.5 Å². The van der Waals surface area contributed by atoms with Gasteiger partial charge in [-0.2, -0.15) is 0 Å². The Hall–Kier alpha value is -2.45. The van der Waals surface area contributed by atoms with E-state index in [9.17, 15) is 14.4 Å². The maximum Gasteiger partial charge on any atom is 0.254 e. The molecule has 29 heavy (non-hydrogen) atoms. The van der Waals surface area contributed by atoms with Gasteiger partial charge in [-0.25, -0.2) is 0 Å². The van der Waals surface area contributed by atoms with Gasteiger partial charge in [0.05, 0.1) is 6.10 Å². The highest BCUT2D eigenvalue weighted by Gasteiger charge is 2.25. The fourth-order valence-corrected chi connectivity index (χ4v) is 3.73. The molecule has 3 amide bonds. The summed E-state index contributed by atoms with van der Waals surface area (Å²) in [6, 6.07) is 6.89. The van der Waals surface area contributed by atoms with Crippen molar-refractivity contribution in [2.45, 2.75) is 32.3 Å². The average molecular weight is 402 g/mol. The van der Waals surface area contributed by atoms with Crippen LogP contribution in [-0.2, 0) is 14.3 Å². The summed E-state index contributed by atoms with van der Waals surface area (Å²) in [5.74, 6) is -0.267. The lowest BCUT2D eigenvalue weighted by atomic mass is 10.1. The molecule has 1 aromatic carbocycles. The molecular weight excluding hydrogens is 372 g/mol. The van der Waals surface area contributed by atoms with Crippen molar-refractivity contribution < 1.29 is 19.1 Å². The molecule has 0 bridgehead atoms. The number of piperazine rings is 1. The van der Waals surface area contributed by atoms with E-state index in [2.05, 4.69) is 10.6 Å². The Labute approximate surface area is 171 Å². The first-order valence-electron chi connectivity index (χ1n) is 10.3. The lowest BCUT2D eigenvalue weighted by molar-refractivity contribution is -0.132. The molecule has 0 spiro atoms. The number of nitrogens with zero attached hydrogens (tertiary/aromatic N) is 2. The van der Waals surface area contributed by atoms with Crippen LogP contribution in [0.1, 0.15) is 36.5 Å². The zero-order chi connectivity index (χ0) is 20.6. The third-order valence-corrected chi connectivity index (χ3v) is 5.23. The third kappa shape index (κ3) is 6.27. The molecule has 2 heterocycles. The van der Waals surface area contributed by atoms with Crippen LogP contribution in [0.15, 0.2) is 24.3 Å². The number of hydrogen-bond acceptors (Lipinski definition) is 5. The number of amides is 3. The first kappa shape index (κ1) is 21.3. The maximum atomic E-state index is 13.2. The lowest BCUT2D eigenvalue weighted by Crippen LogP contribution is -2.47. The van der Waals surface area contributed by atoms with E-state index in [-0.39, 0.29) is 23.8 Å². The second-order valence-corrected chi connectivity index (χ2v) is 7.53. The molecule has 1 aromatic rings. The van der Waals surface area contributed by atoms with Gasteiger partial charge in [-0.1, -0.05) is 6.07 Å². The fraction of sp³-hybridized carbons (Fsp3) is 0.571. The SMILES string of the molecule is CC(=O)Nc1cccc(C(=O)N(CCC(=O)N2CCNCC2)C[C@@H]2CCCO2)c1. The summed E-state index contributed by atoms with van der Waals surface area (Å²) in [6.45, 7) is 5.99. The van der Waals surface area contributed by atoms with E-state index >= 15 is 0 Å². The predicted molar refractivity (Wildman–Crippen MR) is 110 cm³/mol. The number of anilines is 1. The summed E-state index contributed by atoms with van der Waals surface area (Å²) >= 11 is 0. The Kier molecular flexibility index (Phi) is 7.60. The molecule has 0 aliphatic carbocycles. The van der Waals surface area contributed by atoms with E-state index in [1.54, 1.807) is 29.2 Å². The minimum Gasteiger partial charge on any atom is -0.376 e. The predicted octanol–water partition coefficient (Wildman–Crippen LogP) is 1.09. The van der Waals surface area contributed by atoms with Crippen LogP contribution in [0.5, 0.6) is 0 Å². The number of hydrogen-bond donors (Lipinski definition) is 2. The topological polar surface area (TPSA) is 91.0 Å². The van der Waals surface area contributed by atoms with Gasteiger partial charge < -0.3 is 25.2 Å². The number of benzene rings is 1. The maximum absolute atomic E-state index is 13.2. The Balaban J connectivity index is 1.67. The molecule has 0 unspecified atom stereocenters. The minimum absolute atomic E-state index is 0.00626. The van der Waals surface area contributed by atoms with Gasteiger partial charge >= 0.3 is 0 Å². The van der Waals surface area contributed by atoms with Crippen molar-refractivity contribution in [3.8, 4) is 0 Å². The second-order valence-electron chi connectivity index (χ2n) is 7.53. The highest BCUT2D eigenvalue weighted by Crippen LogP contribution is 2.18. The van der Waals surface area contributed by atoms with Crippen molar-refractivity contribution in [1.82, 2.24) is 15.1 Å². The number of nitrogens with one attached hydrogen (secondary N) is 2. The van der Waals surface area contributed by atoms with E-state index in [0.29, 0.717) is 50.5 Å². The van der Waals surface area contributed by atoms with Crippen LogP contribution in [0.25, 0.3) is 0 Å². The molecule has 1 atom stereocenters. The van der Waals surface area contributed by atoms with Crippen LogP contribution in [0.2, 0.25) is 0 Å². The van der Waals surface area contributed by atoms with Crippen LogP contribution in [0, 0.1) is 0 Å². The van der Waals surface area contributed by atoms with Crippen LogP contribution < -0.4 is 10.6 Å². The first-order valence-corrected chi connectivity index (χ1v) is 10.3. The zero-order valence-electron chi connectivity index (χ0n) is 17.0. The van der Waals surface area contributed by atoms with E-state index in [0.717, 1.165) is 25.9 Å². The number of rotatable bonds is 7. The van der Waals surface area contributed by atoms with Gasteiger partial charge in [0.25, 0.3) is 5.91 Å². The van der Waals surface area contributed by atoms with Crippen LogP contribution in [0.3, 0.4) is 0 Å². The normalized spacial score (nSPS) is 19.1. The van der Waals surface area contributed by atoms with Crippen molar-refractivity contribution in [2.24, 2.45) is 0 Å². The molecule has 8 heteroatoms. The standard InChI is InChI=1S/C21H30N4O4/c1-16(26)23-18-5-2-4-17(14-18)21(28)25(15-19-6-3-13-29-19)10-7-20(27)24-11-8-22-9-12-24/h2,4-5,14,19,22H,3,6-13,15H2,1H3,(H,23,26)/t19-/m0/s1. The molecule has 0 radical (unpaired) electrons. The van der Waals surface area contributed by atoms with Gasteiger partial charge in [-0.3, -0.25) is 14.4 Å². The highest BCUT2D eigenvalue weighted by molar-refractivity contribution is 5.97. The Bertz CT molecular complexity index is 727. The number of carbonyl (C=O) groups is 3. The van der Waals surface area contributed by atoms with E-state index in [1.807, 2.05) is 4.90 Å². The fourth-order valence-electron chi connectivity index (χ4n) is 3.73. The lowest BCUT2D eigenvalue weighted by Gasteiger charge is -2.30. The summed E-state index contributed by atoms with van der Waals surface area (Å²) in [6.07, 6.45) is 2.21. The molecular formula is C21H30N4O4. The van der Waals surface area contributed by atoms with Gasteiger partial charge in [-0.15, -0.1) is 0 Å². The van der Waals surface area contributed by atoms with Crippen molar-refractivity contribution in [1.29, 1.82) is 0 Å². The molecule has 3 rings (SSSR count). The molecule has 0 saturated carbocycles. The molecule has 8 nitrogen and oxygen atoms in total. The number of ether oxygens (including phenoxy) is 1. The summed E-state index contributed by atoms with van der Waals surface area (Å²) in [5.41, 5.74) is 1.07. The highest BCUT2D eigenvalue weighted by atomic mass is 16.5. The Morgan fingerprint density at radius 3 is 2.76 bits per heavy atom. The Morgan fingerprint density at radius 2 is 2.07 bits per heavy atom. The van der Waals surface area contributed by atoms with Crippen molar-refractivity contribution in [2.75, 3.05) is 51.2 Å². The van der Waals surface area contributed by atoms with E-state index in [1.165, 1.54) is 6.92 Å². The summed E-state index contributed by atoms with van der Waals surface area (Å²) in [5, 5.41) is 5.94. The average Bonchev–Trinajstić information content (AvgIpc) is 3.24. The van der Waals surface area contributed by atoms with Crippen LogP contribution >= 0.6 is 0 Å². The second kappa shape index (κ2) is 10.4. The van der Waals surface area contributed by atoms with Gasteiger partial charge in [0.2, 0.25) is 11.8 Å². The molecule has 2 aliphatic rings. The molecule has 2 saturated heterocycles. The zero-order valence-corrected chi connectivity index (χ0v) is 17.0. The van der Waals surface area contributed by atoms with E-state index < -0.39 is 0 Å². The van der Waals surface area contributed by atoms with Gasteiger partial charge in [0.1, 0.15) is 0 Å². The van der Waals surface area contributed by atoms with Crippen molar-refractivity contribution >= 4 is 23.4 Å². The minimum atomic E-state index is -0.188. The van der Waals surface area contributed by atoms with E-state index in [4.69, 9.17) is 4.74 Å². The smallest absolute Gasteiger partial charge is 0.254 e. The molecule has 2 aliphatic heterocycles. The molecule has 0 aromatic heterocycles. The summed E-state index contributed by atoms with van der Waals surface area (Å²) < 4.78 is 5.71. The monoisotopic (exact) mass is 402 g/mol. The largest absolute Gasteiger partial charge is 0.376 e. The molecule has 158 valence electrons. The summed E-state index contributed by atoms with van der Waals surface area (Å²) in [4.78, 5) is 40.6.